The summed E-state index contributed by atoms with van der Waals surface area (Å²) in [6.45, 7) is 7.69. The summed E-state index contributed by atoms with van der Waals surface area (Å²) in [6, 6.07) is 0. The van der Waals surface area contributed by atoms with Crippen LogP contribution in [0.4, 0.5) is 0 Å². The Kier molecular flexibility index (Phi) is 2.91. The number of Topliss-reactive ketones (excluding diaryl/α,β-unsaturated/α-hetero) is 1. The van der Waals surface area contributed by atoms with Crippen LogP contribution in [0.2, 0.25) is 0 Å². The molecular formula is C14H26N2O. The van der Waals surface area contributed by atoms with Crippen molar-refractivity contribution in [2.75, 3.05) is 13.1 Å². The second-order valence-corrected chi connectivity index (χ2v) is 6.74. The molecule has 0 bridgehead atoms. The van der Waals surface area contributed by atoms with E-state index in [9.17, 15) is 4.79 Å². The van der Waals surface area contributed by atoms with Crippen molar-refractivity contribution in [3.63, 3.8) is 0 Å². The van der Waals surface area contributed by atoms with Crippen molar-refractivity contribution in [1.82, 2.24) is 0 Å². The number of ketones is 1. The van der Waals surface area contributed by atoms with Crippen LogP contribution in [0.3, 0.4) is 0 Å². The first kappa shape index (κ1) is 13.0. The number of nitrogens with two attached hydrogens (primary N) is 2. The van der Waals surface area contributed by atoms with Crippen LogP contribution in [-0.4, -0.2) is 18.9 Å². The molecule has 2 aliphatic carbocycles. The first-order valence-corrected chi connectivity index (χ1v) is 6.85. The average Bonchev–Trinajstić information content (AvgIpc) is 2.81. The number of fused-ring (bicyclic) bond motifs is 1. The predicted octanol–water partition coefficient (Wildman–Crippen LogP) is 1.70. The molecule has 98 valence electrons. The Labute approximate surface area is 104 Å². The molecule has 2 saturated carbocycles. The normalized spacial score (nSPS) is 44.9. The molecular weight excluding hydrogens is 212 g/mol. The molecule has 0 aromatic carbocycles. The van der Waals surface area contributed by atoms with Crippen molar-refractivity contribution in [2.45, 2.75) is 46.5 Å². The largest absolute Gasteiger partial charge is 0.330 e. The highest BCUT2D eigenvalue weighted by molar-refractivity contribution is 6.09. The van der Waals surface area contributed by atoms with E-state index in [1.165, 1.54) is 0 Å². The number of carbonyl (C=O) groups is 1. The molecule has 0 aromatic heterocycles. The third kappa shape index (κ3) is 1.33. The van der Waals surface area contributed by atoms with Gasteiger partial charge in [-0.25, -0.2) is 0 Å². The van der Waals surface area contributed by atoms with Crippen LogP contribution in [-0.2, 0) is 4.79 Å². The van der Waals surface area contributed by atoms with Crippen LogP contribution in [0.25, 0.3) is 0 Å². The molecule has 3 unspecified atom stereocenters. The molecule has 0 heterocycles. The highest BCUT2D eigenvalue weighted by Gasteiger charge is 2.82. The topological polar surface area (TPSA) is 69.1 Å². The van der Waals surface area contributed by atoms with Gasteiger partial charge in [0.15, 0.2) is 0 Å². The molecule has 3 nitrogen and oxygen atoms in total. The smallest absolute Gasteiger partial charge is 0.149 e. The molecule has 2 rings (SSSR count). The van der Waals surface area contributed by atoms with Gasteiger partial charge in [0, 0.05) is 6.54 Å². The summed E-state index contributed by atoms with van der Waals surface area (Å²) in [4.78, 5) is 12.6. The van der Waals surface area contributed by atoms with E-state index in [4.69, 9.17) is 11.5 Å². The monoisotopic (exact) mass is 238 g/mol. The summed E-state index contributed by atoms with van der Waals surface area (Å²) in [7, 11) is 0. The molecule has 3 heteroatoms. The maximum Gasteiger partial charge on any atom is 0.149 e. The molecule has 0 saturated heterocycles. The van der Waals surface area contributed by atoms with Gasteiger partial charge in [0.25, 0.3) is 0 Å². The Hall–Kier alpha value is -0.410. The van der Waals surface area contributed by atoms with E-state index < -0.39 is 0 Å². The Morgan fingerprint density at radius 1 is 1.24 bits per heavy atom. The molecule has 0 spiro atoms. The van der Waals surface area contributed by atoms with Crippen molar-refractivity contribution in [2.24, 2.45) is 33.6 Å². The van der Waals surface area contributed by atoms with E-state index in [1.807, 2.05) is 0 Å². The van der Waals surface area contributed by atoms with Gasteiger partial charge in [-0.1, -0.05) is 27.2 Å². The zero-order valence-corrected chi connectivity index (χ0v) is 11.4. The Bertz CT molecular complexity index is 341. The van der Waals surface area contributed by atoms with Crippen LogP contribution < -0.4 is 11.5 Å². The van der Waals surface area contributed by atoms with Gasteiger partial charge >= 0.3 is 0 Å². The highest BCUT2D eigenvalue weighted by Crippen LogP contribution is 2.75. The molecule has 0 radical (unpaired) electrons. The standard InChI is InChI=1S/C14H26N2O/c1-10(2)7-14-11(17)13(14,9-16)6-4-5-12(14,3)8-15/h10H,4-9,15-16H2,1-3H3. The minimum absolute atomic E-state index is 0.0357. The van der Waals surface area contributed by atoms with Gasteiger partial charge in [0.2, 0.25) is 0 Å². The zero-order chi connectivity index (χ0) is 12.9. The molecule has 0 aliphatic heterocycles. The van der Waals surface area contributed by atoms with Gasteiger partial charge in [0.05, 0.1) is 10.8 Å². The number of hydrogen-bond donors (Lipinski definition) is 2. The van der Waals surface area contributed by atoms with Crippen LogP contribution >= 0.6 is 0 Å². The maximum atomic E-state index is 12.6. The second-order valence-electron chi connectivity index (χ2n) is 6.74. The Morgan fingerprint density at radius 2 is 1.88 bits per heavy atom. The van der Waals surface area contributed by atoms with Crippen LogP contribution in [0.15, 0.2) is 0 Å². The van der Waals surface area contributed by atoms with Crippen molar-refractivity contribution in [1.29, 1.82) is 0 Å². The SMILES string of the molecule is CC(C)CC12C(=O)C1(CN)CCCC2(C)CN. The Morgan fingerprint density at radius 3 is 2.35 bits per heavy atom. The predicted molar refractivity (Wildman–Crippen MR) is 69.4 cm³/mol. The quantitative estimate of drug-likeness (QED) is 0.783. The van der Waals surface area contributed by atoms with Gasteiger partial charge in [-0.05, 0) is 37.1 Å². The fourth-order valence-corrected chi connectivity index (χ4v) is 4.50. The molecule has 3 atom stereocenters. The van der Waals surface area contributed by atoms with Gasteiger partial charge in [-0.2, -0.15) is 0 Å². The maximum absolute atomic E-state index is 12.6. The minimum atomic E-state index is -0.232. The van der Waals surface area contributed by atoms with Crippen molar-refractivity contribution >= 4 is 5.78 Å². The van der Waals surface area contributed by atoms with E-state index >= 15 is 0 Å². The molecule has 4 N–H and O–H groups in total. The summed E-state index contributed by atoms with van der Waals surface area (Å²) in [5, 5.41) is 0. The summed E-state index contributed by atoms with van der Waals surface area (Å²) in [5.41, 5.74) is 11.5. The molecule has 2 fully saturated rings. The first-order valence-electron chi connectivity index (χ1n) is 6.85. The lowest BCUT2D eigenvalue weighted by atomic mass is 9.59. The van der Waals surface area contributed by atoms with Crippen LogP contribution in [0.5, 0.6) is 0 Å². The summed E-state index contributed by atoms with van der Waals surface area (Å²) < 4.78 is 0. The lowest BCUT2D eigenvalue weighted by molar-refractivity contribution is -0.116. The Balaban J connectivity index is 2.43. The van der Waals surface area contributed by atoms with E-state index in [0.29, 0.717) is 24.8 Å². The summed E-state index contributed by atoms with van der Waals surface area (Å²) in [5.74, 6) is 0.933. The summed E-state index contributed by atoms with van der Waals surface area (Å²) in [6.07, 6.45) is 4.10. The minimum Gasteiger partial charge on any atom is -0.330 e. The van der Waals surface area contributed by atoms with E-state index in [1.54, 1.807) is 0 Å². The molecule has 2 aliphatic rings. The average molecular weight is 238 g/mol. The molecule has 0 aromatic rings. The number of carbonyl (C=O) groups excluding carboxylic acids is 1. The highest BCUT2D eigenvalue weighted by atomic mass is 16.1. The van der Waals surface area contributed by atoms with Crippen molar-refractivity contribution in [3.8, 4) is 0 Å². The zero-order valence-electron chi connectivity index (χ0n) is 11.4. The lowest BCUT2D eigenvalue weighted by Gasteiger charge is -2.44. The van der Waals surface area contributed by atoms with Gasteiger partial charge in [0.1, 0.15) is 5.78 Å². The summed E-state index contributed by atoms with van der Waals surface area (Å²) >= 11 is 0. The van der Waals surface area contributed by atoms with E-state index in [-0.39, 0.29) is 16.2 Å². The van der Waals surface area contributed by atoms with Gasteiger partial charge in [-0.15, -0.1) is 0 Å². The fourth-order valence-electron chi connectivity index (χ4n) is 4.50. The van der Waals surface area contributed by atoms with Crippen molar-refractivity contribution in [3.05, 3.63) is 0 Å². The third-order valence-corrected chi connectivity index (χ3v) is 5.45. The molecule has 0 amide bonds. The fraction of sp³-hybridized carbons (Fsp3) is 0.929. The van der Waals surface area contributed by atoms with Gasteiger partial charge < -0.3 is 11.5 Å². The van der Waals surface area contributed by atoms with Crippen LogP contribution in [0.1, 0.15) is 46.5 Å². The van der Waals surface area contributed by atoms with Crippen molar-refractivity contribution < 1.29 is 4.79 Å². The van der Waals surface area contributed by atoms with E-state index in [0.717, 1.165) is 25.7 Å². The van der Waals surface area contributed by atoms with Gasteiger partial charge in [-0.3, -0.25) is 4.79 Å². The van der Waals surface area contributed by atoms with Crippen LogP contribution in [0, 0.1) is 22.2 Å². The number of rotatable bonds is 4. The first-order chi connectivity index (χ1) is 7.90. The molecule has 17 heavy (non-hydrogen) atoms. The number of hydrogen-bond acceptors (Lipinski definition) is 3. The lowest BCUT2D eigenvalue weighted by Crippen LogP contribution is -2.45. The van der Waals surface area contributed by atoms with E-state index in [2.05, 4.69) is 20.8 Å². The second kappa shape index (κ2) is 3.79. The third-order valence-electron chi connectivity index (χ3n) is 5.45.